The van der Waals surface area contributed by atoms with Crippen LogP contribution >= 0.6 is 0 Å². The zero-order valence-corrected chi connectivity index (χ0v) is 16.2. The summed E-state index contributed by atoms with van der Waals surface area (Å²) in [6.45, 7) is 6.56. The molecule has 1 heterocycles. The first-order valence-corrected chi connectivity index (χ1v) is 9.70. The Labute approximate surface area is 161 Å². The van der Waals surface area contributed by atoms with E-state index in [1.165, 1.54) is 0 Å². The van der Waals surface area contributed by atoms with Crippen LogP contribution in [0.25, 0.3) is 11.1 Å². The highest BCUT2D eigenvalue weighted by Gasteiger charge is 2.27. The number of rotatable bonds is 8. The number of nitrogens with zero attached hydrogens (tertiary/aromatic N) is 1. The second kappa shape index (κ2) is 9.65. The third-order valence-electron chi connectivity index (χ3n) is 4.94. The molecule has 144 valence electrons. The van der Waals surface area contributed by atoms with Gasteiger partial charge >= 0.3 is 0 Å². The molecular weight excluding hydrogens is 338 g/mol. The molecule has 0 bridgehead atoms. The molecule has 1 aliphatic heterocycles. The van der Waals surface area contributed by atoms with Gasteiger partial charge in [-0.2, -0.15) is 0 Å². The maximum Gasteiger partial charge on any atom is 0.194 e. The van der Waals surface area contributed by atoms with Gasteiger partial charge in [0, 0.05) is 37.3 Å². The lowest BCUT2D eigenvalue weighted by molar-refractivity contribution is 0.0739. The SMILES string of the molecule is CCCNC(C(=O)c1ccc(-c2ccccc2OC)cc1)N1CCNCC1. The Morgan fingerprint density at radius 2 is 1.85 bits per heavy atom. The van der Waals surface area contributed by atoms with E-state index in [9.17, 15) is 4.79 Å². The first-order chi connectivity index (χ1) is 13.2. The van der Waals surface area contributed by atoms with Crippen LogP contribution in [0.1, 0.15) is 23.7 Å². The number of hydrogen-bond donors (Lipinski definition) is 2. The van der Waals surface area contributed by atoms with Gasteiger partial charge in [0.25, 0.3) is 0 Å². The van der Waals surface area contributed by atoms with Gasteiger partial charge in [-0.25, -0.2) is 0 Å². The van der Waals surface area contributed by atoms with Crippen molar-refractivity contribution in [1.29, 1.82) is 0 Å². The molecule has 0 radical (unpaired) electrons. The summed E-state index contributed by atoms with van der Waals surface area (Å²) in [5, 5.41) is 6.78. The number of nitrogens with one attached hydrogen (secondary N) is 2. The quantitative estimate of drug-likeness (QED) is 0.703. The number of piperazine rings is 1. The van der Waals surface area contributed by atoms with Crippen LogP contribution in [0, 0.1) is 0 Å². The van der Waals surface area contributed by atoms with E-state index in [-0.39, 0.29) is 11.9 Å². The lowest BCUT2D eigenvalue weighted by atomic mass is 10.0. The third kappa shape index (κ3) is 4.75. The van der Waals surface area contributed by atoms with E-state index in [0.29, 0.717) is 0 Å². The molecule has 0 aromatic heterocycles. The van der Waals surface area contributed by atoms with Crippen molar-refractivity contribution in [3.8, 4) is 16.9 Å². The normalized spacial score (nSPS) is 16.1. The van der Waals surface area contributed by atoms with Gasteiger partial charge in [-0.15, -0.1) is 0 Å². The molecule has 5 nitrogen and oxygen atoms in total. The van der Waals surface area contributed by atoms with Crippen LogP contribution in [-0.2, 0) is 0 Å². The lowest BCUT2D eigenvalue weighted by Crippen LogP contribution is -2.57. The summed E-state index contributed by atoms with van der Waals surface area (Å²) in [5.41, 5.74) is 2.81. The Morgan fingerprint density at radius 1 is 1.15 bits per heavy atom. The number of methoxy groups -OCH3 is 1. The molecule has 5 heteroatoms. The number of ketones is 1. The first-order valence-electron chi connectivity index (χ1n) is 9.70. The van der Waals surface area contributed by atoms with Crippen LogP contribution in [0.2, 0.25) is 0 Å². The molecule has 27 heavy (non-hydrogen) atoms. The third-order valence-corrected chi connectivity index (χ3v) is 4.94. The number of hydrogen-bond acceptors (Lipinski definition) is 5. The Kier molecular flexibility index (Phi) is 6.98. The van der Waals surface area contributed by atoms with Gasteiger partial charge in [-0.05, 0) is 24.6 Å². The summed E-state index contributed by atoms with van der Waals surface area (Å²) in [5.74, 6) is 0.969. The molecule has 2 N–H and O–H groups in total. The molecule has 2 aromatic carbocycles. The number of benzene rings is 2. The Morgan fingerprint density at radius 3 is 2.52 bits per heavy atom. The van der Waals surface area contributed by atoms with E-state index in [1.54, 1.807) is 7.11 Å². The molecular formula is C22H29N3O2. The summed E-state index contributed by atoms with van der Waals surface area (Å²) in [4.78, 5) is 15.4. The second-order valence-corrected chi connectivity index (χ2v) is 6.78. The second-order valence-electron chi connectivity index (χ2n) is 6.78. The van der Waals surface area contributed by atoms with E-state index >= 15 is 0 Å². The summed E-state index contributed by atoms with van der Waals surface area (Å²) in [7, 11) is 1.67. The van der Waals surface area contributed by atoms with Gasteiger partial charge in [0.1, 0.15) is 11.9 Å². The van der Waals surface area contributed by atoms with E-state index < -0.39 is 0 Å². The van der Waals surface area contributed by atoms with Crippen molar-refractivity contribution in [2.24, 2.45) is 0 Å². The molecule has 0 amide bonds. The van der Waals surface area contributed by atoms with Crippen molar-refractivity contribution in [2.75, 3.05) is 39.8 Å². The zero-order chi connectivity index (χ0) is 19.1. The van der Waals surface area contributed by atoms with E-state index in [4.69, 9.17) is 4.74 Å². The predicted octanol–water partition coefficient (Wildman–Crippen LogP) is 2.78. The molecule has 0 aliphatic carbocycles. The molecule has 1 aliphatic rings. The molecule has 2 aromatic rings. The van der Waals surface area contributed by atoms with Crippen molar-refractivity contribution >= 4 is 5.78 Å². The summed E-state index contributed by atoms with van der Waals surface area (Å²) >= 11 is 0. The Bertz CT molecular complexity index is 739. The minimum absolute atomic E-state index is 0.136. The topological polar surface area (TPSA) is 53.6 Å². The molecule has 0 saturated carbocycles. The monoisotopic (exact) mass is 367 g/mol. The highest BCUT2D eigenvalue weighted by molar-refractivity contribution is 6.00. The minimum Gasteiger partial charge on any atom is -0.496 e. The van der Waals surface area contributed by atoms with Crippen LogP contribution in [-0.4, -0.2) is 56.7 Å². The Balaban J connectivity index is 1.80. The molecule has 1 unspecified atom stereocenters. The van der Waals surface area contributed by atoms with Gasteiger partial charge in [0.15, 0.2) is 5.78 Å². The number of para-hydroxylation sites is 1. The van der Waals surface area contributed by atoms with Gasteiger partial charge in [0.2, 0.25) is 0 Å². The van der Waals surface area contributed by atoms with Crippen molar-refractivity contribution in [1.82, 2.24) is 15.5 Å². The van der Waals surface area contributed by atoms with Crippen LogP contribution < -0.4 is 15.4 Å². The average molecular weight is 367 g/mol. The van der Waals surface area contributed by atoms with Crippen LogP contribution in [0.3, 0.4) is 0 Å². The molecule has 1 saturated heterocycles. The summed E-state index contributed by atoms with van der Waals surface area (Å²) in [6.07, 6.45) is 0.743. The highest BCUT2D eigenvalue weighted by Crippen LogP contribution is 2.29. The molecule has 1 fully saturated rings. The molecule has 1 atom stereocenters. The van der Waals surface area contributed by atoms with Gasteiger partial charge < -0.3 is 10.1 Å². The fourth-order valence-electron chi connectivity index (χ4n) is 3.46. The number of carbonyl (C=O) groups excluding carboxylic acids is 1. The largest absolute Gasteiger partial charge is 0.496 e. The van der Waals surface area contributed by atoms with Crippen LogP contribution in [0.4, 0.5) is 0 Å². The van der Waals surface area contributed by atoms with Gasteiger partial charge in [-0.1, -0.05) is 49.4 Å². The van der Waals surface area contributed by atoms with Crippen molar-refractivity contribution in [3.63, 3.8) is 0 Å². The number of carbonyl (C=O) groups is 1. The minimum atomic E-state index is -0.260. The van der Waals surface area contributed by atoms with E-state index in [0.717, 1.165) is 61.6 Å². The smallest absolute Gasteiger partial charge is 0.194 e. The van der Waals surface area contributed by atoms with Crippen molar-refractivity contribution in [2.45, 2.75) is 19.5 Å². The fraction of sp³-hybridized carbons (Fsp3) is 0.409. The predicted molar refractivity (Wildman–Crippen MR) is 109 cm³/mol. The lowest BCUT2D eigenvalue weighted by Gasteiger charge is -2.34. The standard InChI is InChI=1S/C22H29N3O2/c1-3-12-24-22(25-15-13-23-14-16-25)21(26)18-10-8-17(9-11-18)19-6-4-5-7-20(19)27-2/h4-11,22-24H,3,12-16H2,1-2H3. The number of Topliss-reactive ketones (excluding diaryl/α,β-unsaturated/α-hetero) is 1. The summed E-state index contributed by atoms with van der Waals surface area (Å²) in [6, 6.07) is 15.8. The maximum absolute atomic E-state index is 13.2. The Hall–Kier alpha value is -2.21. The van der Waals surface area contributed by atoms with E-state index in [2.05, 4.69) is 22.5 Å². The molecule has 0 spiro atoms. The number of ether oxygens (including phenoxy) is 1. The fourth-order valence-corrected chi connectivity index (χ4v) is 3.46. The highest BCUT2D eigenvalue weighted by atomic mass is 16.5. The first kappa shape index (κ1) is 19.5. The van der Waals surface area contributed by atoms with Gasteiger partial charge in [0.05, 0.1) is 7.11 Å². The van der Waals surface area contributed by atoms with Gasteiger partial charge in [-0.3, -0.25) is 15.0 Å². The maximum atomic E-state index is 13.2. The van der Waals surface area contributed by atoms with E-state index in [1.807, 2.05) is 48.5 Å². The zero-order valence-electron chi connectivity index (χ0n) is 16.2. The van der Waals surface area contributed by atoms with Crippen molar-refractivity contribution < 1.29 is 9.53 Å². The van der Waals surface area contributed by atoms with Crippen molar-refractivity contribution in [3.05, 3.63) is 54.1 Å². The molecule has 3 rings (SSSR count). The average Bonchev–Trinajstić information content (AvgIpc) is 2.74. The summed E-state index contributed by atoms with van der Waals surface area (Å²) < 4.78 is 5.45. The van der Waals surface area contributed by atoms with Crippen LogP contribution in [0.5, 0.6) is 5.75 Å². The van der Waals surface area contributed by atoms with Crippen LogP contribution in [0.15, 0.2) is 48.5 Å².